The van der Waals surface area contributed by atoms with Crippen LogP contribution in [-0.4, -0.2) is 30.6 Å². The van der Waals surface area contributed by atoms with Crippen LogP contribution >= 0.6 is 0 Å². The molecule has 0 radical (unpaired) electrons. The summed E-state index contributed by atoms with van der Waals surface area (Å²) in [6.07, 6.45) is 0. The van der Waals surface area contributed by atoms with E-state index in [1.54, 1.807) is 0 Å². The third-order valence-electron chi connectivity index (χ3n) is 8.26. The molecule has 5 aromatic carbocycles. The molecule has 194 valence electrons. The van der Waals surface area contributed by atoms with E-state index in [0.717, 1.165) is 54.9 Å². The minimum atomic E-state index is -0.110. The molecule has 5 aromatic rings. The Bertz CT molecular complexity index is 2010. The second-order valence-electron chi connectivity index (χ2n) is 10.6. The molecule has 0 aliphatic heterocycles. The number of ketones is 1. The van der Waals surface area contributed by atoms with Crippen molar-refractivity contribution < 1.29 is 4.79 Å². The van der Waals surface area contributed by atoms with E-state index in [-0.39, 0.29) is 17.5 Å². The van der Waals surface area contributed by atoms with Crippen LogP contribution in [0.5, 0.6) is 0 Å². The summed E-state index contributed by atoms with van der Waals surface area (Å²) in [5, 5.41) is 12.0. The maximum absolute atomic E-state index is 14.6. The Morgan fingerprint density at radius 3 is 1.78 bits per heavy atom. The Hall–Kier alpha value is -5.33. The molecule has 0 saturated heterocycles. The van der Waals surface area contributed by atoms with Crippen molar-refractivity contribution in [2.45, 2.75) is 6.04 Å². The number of nitrogens with one attached hydrogen (secondary N) is 1. The van der Waals surface area contributed by atoms with Crippen LogP contribution < -0.4 is 0 Å². The maximum Gasteiger partial charge on any atom is 0.254 e. The van der Waals surface area contributed by atoms with Gasteiger partial charge in [0.2, 0.25) is 0 Å². The van der Waals surface area contributed by atoms with Gasteiger partial charge in [0.25, 0.3) is 5.70 Å². The predicted molar refractivity (Wildman–Crippen MR) is 166 cm³/mol. The molecule has 41 heavy (non-hydrogen) atoms. The van der Waals surface area contributed by atoms with Crippen LogP contribution in [0.2, 0.25) is 0 Å². The summed E-state index contributed by atoms with van der Waals surface area (Å²) in [7, 11) is 4.13. The van der Waals surface area contributed by atoms with E-state index < -0.39 is 0 Å². The van der Waals surface area contributed by atoms with Gasteiger partial charge in [0, 0.05) is 27.9 Å². The molecule has 0 aromatic heterocycles. The molecule has 0 heterocycles. The number of nitrogens with zero attached hydrogens (tertiary/aromatic N) is 2. The first-order chi connectivity index (χ1) is 20.0. The lowest BCUT2D eigenvalue weighted by molar-refractivity contribution is -0.111. The Balaban J connectivity index is 1.65. The van der Waals surface area contributed by atoms with Crippen LogP contribution in [0.4, 0.5) is 0 Å². The first kappa shape index (κ1) is 24.7. The largest absolute Gasteiger partial charge is 0.299 e. The van der Waals surface area contributed by atoms with Gasteiger partial charge in [0.1, 0.15) is 0 Å². The van der Waals surface area contributed by atoms with Gasteiger partial charge in [-0.2, -0.15) is 0 Å². The highest BCUT2D eigenvalue weighted by molar-refractivity contribution is 6.46. The SMILES string of the molecule is [C-]#[N+]C(=C=N)C1=C(c2c3ccccc3cc3ccccc23)C(=O)C1=C1c2ccccc2C(N(C)C)c2ccccc21. The van der Waals surface area contributed by atoms with E-state index in [4.69, 9.17) is 12.0 Å². The van der Waals surface area contributed by atoms with Crippen molar-refractivity contribution in [2.75, 3.05) is 14.1 Å². The molecule has 4 nitrogen and oxygen atoms in total. The standard InChI is InChI=1S/C37H25N3O/c1-39-30(21-38)33-34(31-24-14-6-4-12-22(24)20-23-13-5-7-15-25(23)31)37(41)35(33)32-26-16-8-10-18-28(26)36(40(2)3)29-19-11-9-17-27(29)32/h4-20,36,38H,2-3H3. The smallest absolute Gasteiger partial charge is 0.254 e. The molecule has 0 fully saturated rings. The average molecular weight is 528 g/mol. The summed E-state index contributed by atoms with van der Waals surface area (Å²) >= 11 is 0. The van der Waals surface area contributed by atoms with Crippen LogP contribution in [0.1, 0.15) is 33.9 Å². The summed E-state index contributed by atoms with van der Waals surface area (Å²) in [4.78, 5) is 20.5. The molecule has 1 N–H and O–H groups in total. The van der Waals surface area contributed by atoms with Gasteiger partial charge in [-0.05, 0) is 69.8 Å². The van der Waals surface area contributed by atoms with Crippen molar-refractivity contribution in [1.82, 2.24) is 4.90 Å². The molecule has 0 bridgehead atoms. The van der Waals surface area contributed by atoms with E-state index >= 15 is 0 Å². The molecule has 0 saturated carbocycles. The molecule has 0 atom stereocenters. The Labute approximate surface area is 238 Å². The van der Waals surface area contributed by atoms with Gasteiger partial charge in [-0.15, -0.1) is 0 Å². The third kappa shape index (κ3) is 3.51. The van der Waals surface area contributed by atoms with Crippen LogP contribution in [-0.2, 0) is 4.79 Å². The Morgan fingerprint density at radius 1 is 0.756 bits per heavy atom. The number of benzene rings is 5. The summed E-state index contributed by atoms with van der Waals surface area (Å²) < 4.78 is 0. The van der Waals surface area contributed by atoms with Crippen LogP contribution in [0, 0.1) is 12.0 Å². The van der Waals surface area contributed by atoms with Crippen molar-refractivity contribution in [1.29, 1.82) is 5.41 Å². The van der Waals surface area contributed by atoms with Crippen molar-refractivity contribution in [3.05, 3.63) is 159 Å². The minimum absolute atomic E-state index is 0.0226. The molecule has 0 amide bonds. The molecule has 4 heteroatoms. The van der Waals surface area contributed by atoms with Gasteiger partial charge in [0.15, 0.2) is 5.78 Å². The maximum atomic E-state index is 14.6. The quantitative estimate of drug-likeness (QED) is 0.112. The summed E-state index contributed by atoms with van der Waals surface area (Å²) in [6, 6.07) is 34.6. The number of rotatable bonds is 3. The fourth-order valence-corrected chi connectivity index (χ4v) is 6.62. The van der Waals surface area contributed by atoms with E-state index in [1.807, 2.05) is 72.8 Å². The number of hydrogen-bond acceptors (Lipinski definition) is 3. The average Bonchev–Trinajstić information content (AvgIpc) is 3.00. The Morgan fingerprint density at radius 2 is 1.27 bits per heavy atom. The minimum Gasteiger partial charge on any atom is -0.299 e. The normalized spacial score (nSPS) is 15.9. The Kier molecular flexibility index (Phi) is 5.66. The van der Waals surface area contributed by atoms with E-state index in [2.05, 4.69) is 60.0 Å². The second-order valence-corrected chi connectivity index (χ2v) is 10.6. The lowest BCUT2D eigenvalue weighted by atomic mass is 9.67. The van der Waals surface area contributed by atoms with Crippen LogP contribution in [0.25, 0.3) is 37.5 Å². The molecular weight excluding hydrogens is 502 g/mol. The van der Waals surface area contributed by atoms with Crippen molar-refractivity contribution in [3.8, 4) is 0 Å². The van der Waals surface area contributed by atoms with Gasteiger partial charge in [-0.3, -0.25) is 15.1 Å². The zero-order valence-corrected chi connectivity index (χ0v) is 22.7. The number of Topliss-reactive ketones (excluding diaryl/α,β-unsaturated/α-hetero) is 1. The number of hydrogen-bond donors (Lipinski definition) is 1. The van der Waals surface area contributed by atoms with Gasteiger partial charge in [-0.25, -0.2) is 4.85 Å². The monoisotopic (exact) mass is 527 g/mol. The van der Waals surface area contributed by atoms with E-state index in [0.29, 0.717) is 16.7 Å². The van der Waals surface area contributed by atoms with Crippen molar-refractivity contribution >= 4 is 44.3 Å². The van der Waals surface area contributed by atoms with Crippen LogP contribution in [0.3, 0.4) is 0 Å². The first-order valence-electron chi connectivity index (χ1n) is 13.5. The highest BCUT2D eigenvalue weighted by atomic mass is 16.1. The second kappa shape index (κ2) is 9.40. The number of carbonyl (C=O) groups excluding carboxylic acids is 1. The molecule has 7 rings (SSSR count). The molecule has 2 aliphatic rings. The van der Waals surface area contributed by atoms with Gasteiger partial charge in [0.05, 0.1) is 12.6 Å². The summed E-state index contributed by atoms with van der Waals surface area (Å²) in [6.45, 7) is 7.98. The lowest BCUT2D eigenvalue weighted by Crippen LogP contribution is -2.29. The highest BCUT2D eigenvalue weighted by Crippen LogP contribution is 2.53. The molecule has 2 aliphatic carbocycles. The highest BCUT2D eigenvalue weighted by Gasteiger charge is 2.43. The van der Waals surface area contributed by atoms with Crippen LogP contribution in [0.15, 0.2) is 120 Å². The molecule has 0 spiro atoms. The van der Waals surface area contributed by atoms with Gasteiger partial charge < -0.3 is 0 Å². The molecular formula is C37H25N3O. The topological polar surface area (TPSA) is 48.5 Å². The third-order valence-corrected chi connectivity index (χ3v) is 8.26. The van der Waals surface area contributed by atoms with E-state index in [1.165, 1.54) is 0 Å². The number of carbonyl (C=O) groups is 1. The fourth-order valence-electron chi connectivity index (χ4n) is 6.62. The van der Waals surface area contributed by atoms with Gasteiger partial charge >= 0.3 is 0 Å². The zero-order valence-electron chi connectivity index (χ0n) is 22.7. The molecule has 0 unspecified atom stereocenters. The zero-order chi connectivity index (χ0) is 28.2. The lowest BCUT2D eigenvalue weighted by Gasteiger charge is -2.37. The predicted octanol–water partition coefficient (Wildman–Crippen LogP) is 7.85. The van der Waals surface area contributed by atoms with E-state index in [9.17, 15) is 4.79 Å². The van der Waals surface area contributed by atoms with Gasteiger partial charge in [-0.1, -0.05) is 97.1 Å². The summed E-state index contributed by atoms with van der Waals surface area (Å²) in [5.74, 6) is 2.26. The summed E-state index contributed by atoms with van der Waals surface area (Å²) in [5.41, 5.74) is 7.31. The van der Waals surface area contributed by atoms with Crippen molar-refractivity contribution in [2.24, 2.45) is 0 Å². The van der Waals surface area contributed by atoms with Crippen molar-refractivity contribution in [3.63, 3.8) is 0 Å². The number of allylic oxidation sites excluding steroid dienone is 2. The first-order valence-corrected chi connectivity index (χ1v) is 13.5. The fraction of sp³-hybridized carbons (Fsp3) is 0.0811. The number of fused-ring (bicyclic) bond motifs is 4.